The standard InChI is InChI=1S/C8H15N2O2/c1-6-8(2,7(11)12-3)10-5-4-9-6/h6,9H,4-5H2,1-3H3. The fourth-order valence-corrected chi connectivity index (χ4v) is 1.35. The number of nitrogens with one attached hydrogen (secondary N) is 1. The molecule has 12 heavy (non-hydrogen) atoms. The van der Waals surface area contributed by atoms with Gasteiger partial charge >= 0.3 is 5.97 Å². The van der Waals surface area contributed by atoms with Crippen LogP contribution in [0.25, 0.3) is 0 Å². The third-order valence-corrected chi connectivity index (χ3v) is 2.44. The summed E-state index contributed by atoms with van der Waals surface area (Å²) in [7, 11) is 1.39. The second kappa shape index (κ2) is 3.41. The zero-order valence-corrected chi connectivity index (χ0v) is 7.76. The summed E-state index contributed by atoms with van der Waals surface area (Å²) in [5.74, 6) is -0.262. The van der Waals surface area contributed by atoms with E-state index in [0.29, 0.717) is 6.54 Å². The third kappa shape index (κ3) is 1.44. The zero-order chi connectivity index (χ0) is 9.19. The molecule has 4 nitrogen and oxygen atoms in total. The fraction of sp³-hybridized carbons (Fsp3) is 0.875. The molecule has 0 aromatic rings. The number of carbonyl (C=O) groups is 1. The van der Waals surface area contributed by atoms with Crippen LogP contribution in [0.2, 0.25) is 0 Å². The molecule has 69 valence electrons. The minimum absolute atomic E-state index is 0.0544. The van der Waals surface area contributed by atoms with Gasteiger partial charge in [0.05, 0.1) is 7.11 Å². The van der Waals surface area contributed by atoms with E-state index in [1.54, 1.807) is 6.92 Å². The smallest absolute Gasteiger partial charge is 0.328 e. The molecule has 1 fully saturated rings. The van der Waals surface area contributed by atoms with Crippen molar-refractivity contribution in [2.45, 2.75) is 25.4 Å². The Hall–Kier alpha value is -0.610. The number of carbonyl (C=O) groups excluding carboxylic acids is 1. The van der Waals surface area contributed by atoms with Crippen molar-refractivity contribution in [2.75, 3.05) is 20.2 Å². The molecule has 0 aromatic heterocycles. The quantitative estimate of drug-likeness (QED) is 0.542. The lowest BCUT2D eigenvalue weighted by molar-refractivity contribution is -0.150. The van der Waals surface area contributed by atoms with Crippen LogP contribution in [0.3, 0.4) is 0 Å². The fourth-order valence-electron chi connectivity index (χ4n) is 1.35. The van der Waals surface area contributed by atoms with Gasteiger partial charge in [-0.2, -0.15) is 0 Å². The molecule has 2 atom stereocenters. The van der Waals surface area contributed by atoms with Crippen LogP contribution in [0.15, 0.2) is 0 Å². The molecule has 4 heteroatoms. The van der Waals surface area contributed by atoms with Gasteiger partial charge in [-0.05, 0) is 13.8 Å². The van der Waals surface area contributed by atoms with Gasteiger partial charge in [-0.15, -0.1) is 0 Å². The molecule has 1 saturated heterocycles. The first-order valence-electron chi connectivity index (χ1n) is 4.11. The van der Waals surface area contributed by atoms with Gasteiger partial charge in [-0.25, -0.2) is 10.1 Å². The average Bonchev–Trinajstić information content (AvgIpc) is 2.09. The summed E-state index contributed by atoms with van der Waals surface area (Å²) >= 11 is 0. The first kappa shape index (κ1) is 9.48. The lowest BCUT2D eigenvalue weighted by atomic mass is 9.91. The molecule has 0 bridgehead atoms. The van der Waals surface area contributed by atoms with E-state index in [0.717, 1.165) is 6.54 Å². The summed E-state index contributed by atoms with van der Waals surface area (Å²) < 4.78 is 4.69. The van der Waals surface area contributed by atoms with Crippen molar-refractivity contribution in [3.63, 3.8) is 0 Å². The molecule has 1 aliphatic heterocycles. The monoisotopic (exact) mass is 171 g/mol. The predicted molar refractivity (Wildman–Crippen MR) is 44.9 cm³/mol. The van der Waals surface area contributed by atoms with Crippen LogP contribution in [-0.4, -0.2) is 37.7 Å². The van der Waals surface area contributed by atoms with E-state index in [1.807, 2.05) is 6.92 Å². The normalized spacial score (nSPS) is 36.1. The third-order valence-electron chi connectivity index (χ3n) is 2.44. The number of piperazine rings is 1. The van der Waals surface area contributed by atoms with E-state index >= 15 is 0 Å². The van der Waals surface area contributed by atoms with Gasteiger partial charge in [0.2, 0.25) is 0 Å². The van der Waals surface area contributed by atoms with Crippen molar-refractivity contribution in [3.8, 4) is 0 Å². The number of hydrogen-bond donors (Lipinski definition) is 1. The highest BCUT2D eigenvalue weighted by Gasteiger charge is 2.42. The lowest BCUT2D eigenvalue weighted by Gasteiger charge is -2.36. The van der Waals surface area contributed by atoms with Crippen molar-refractivity contribution >= 4 is 5.97 Å². The number of methoxy groups -OCH3 is 1. The second-order valence-corrected chi connectivity index (χ2v) is 3.20. The van der Waals surface area contributed by atoms with E-state index in [4.69, 9.17) is 4.74 Å². The number of hydrogen-bond acceptors (Lipinski definition) is 3. The van der Waals surface area contributed by atoms with E-state index in [-0.39, 0.29) is 12.0 Å². The summed E-state index contributed by atoms with van der Waals surface area (Å²) in [5, 5.41) is 7.47. The van der Waals surface area contributed by atoms with Crippen molar-refractivity contribution in [3.05, 3.63) is 0 Å². The van der Waals surface area contributed by atoms with Crippen LogP contribution >= 0.6 is 0 Å². The Morgan fingerprint density at radius 1 is 1.75 bits per heavy atom. The van der Waals surface area contributed by atoms with Gasteiger partial charge in [-0.1, -0.05) is 0 Å². The van der Waals surface area contributed by atoms with Crippen molar-refractivity contribution in [2.24, 2.45) is 0 Å². The van der Waals surface area contributed by atoms with Gasteiger partial charge in [0.15, 0.2) is 0 Å². The van der Waals surface area contributed by atoms with Crippen LogP contribution < -0.4 is 10.6 Å². The Morgan fingerprint density at radius 3 is 2.92 bits per heavy atom. The SMILES string of the molecule is COC(=O)C1(C)[N]CCNC1C. The number of esters is 1. The van der Waals surface area contributed by atoms with Gasteiger partial charge < -0.3 is 10.1 Å². The molecule has 0 aromatic carbocycles. The second-order valence-electron chi connectivity index (χ2n) is 3.20. The van der Waals surface area contributed by atoms with E-state index in [1.165, 1.54) is 7.11 Å². The molecule has 1 rings (SSSR count). The van der Waals surface area contributed by atoms with Crippen molar-refractivity contribution in [1.82, 2.24) is 10.6 Å². The Balaban J connectivity index is 2.72. The maximum atomic E-state index is 11.3. The molecular formula is C8H15N2O2. The zero-order valence-electron chi connectivity index (χ0n) is 7.76. The van der Waals surface area contributed by atoms with Crippen LogP contribution in [-0.2, 0) is 9.53 Å². The van der Waals surface area contributed by atoms with Gasteiger partial charge in [0, 0.05) is 19.1 Å². The first-order chi connectivity index (χ1) is 5.61. The minimum Gasteiger partial charge on any atom is -0.468 e. The number of rotatable bonds is 1. The van der Waals surface area contributed by atoms with Crippen LogP contribution in [0.5, 0.6) is 0 Å². The highest BCUT2D eigenvalue weighted by molar-refractivity contribution is 5.81. The van der Waals surface area contributed by atoms with Crippen molar-refractivity contribution in [1.29, 1.82) is 0 Å². The Morgan fingerprint density at radius 2 is 2.42 bits per heavy atom. The molecular weight excluding hydrogens is 156 g/mol. The predicted octanol–water partition coefficient (Wildman–Crippen LogP) is -0.486. The molecule has 0 amide bonds. The largest absolute Gasteiger partial charge is 0.468 e. The number of nitrogens with zero attached hydrogens (tertiary/aromatic N) is 1. The van der Waals surface area contributed by atoms with Gasteiger partial charge in [0.25, 0.3) is 0 Å². The summed E-state index contributed by atoms with van der Waals surface area (Å²) in [5.41, 5.74) is -0.701. The Kier molecular flexibility index (Phi) is 2.69. The topological polar surface area (TPSA) is 52.4 Å². The van der Waals surface area contributed by atoms with Gasteiger partial charge in [0.1, 0.15) is 5.54 Å². The molecule has 1 heterocycles. The van der Waals surface area contributed by atoms with Crippen LogP contribution in [0, 0.1) is 0 Å². The molecule has 0 saturated carbocycles. The Bertz CT molecular complexity index is 184. The average molecular weight is 171 g/mol. The first-order valence-corrected chi connectivity index (χ1v) is 4.11. The Labute approximate surface area is 72.7 Å². The number of ether oxygens (including phenoxy) is 1. The van der Waals surface area contributed by atoms with E-state index in [9.17, 15) is 4.79 Å². The lowest BCUT2D eigenvalue weighted by Crippen LogP contribution is -2.63. The molecule has 1 radical (unpaired) electrons. The molecule has 0 spiro atoms. The van der Waals surface area contributed by atoms with Crippen molar-refractivity contribution < 1.29 is 9.53 Å². The van der Waals surface area contributed by atoms with Crippen LogP contribution in [0.1, 0.15) is 13.8 Å². The minimum atomic E-state index is -0.701. The molecule has 1 N–H and O–H groups in total. The summed E-state index contributed by atoms with van der Waals surface area (Å²) in [6, 6.07) is 0.0544. The summed E-state index contributed by atoms with van der Waals surface area (Å²) in [4.78, 5) is 11.3. The summed E-state index contributed by atoms with van der Waals surface area (Å²) in [6.45, 7) is 5.26. The highest BCUT2D eigenvalue weighted by Crippen LogP contribution is 2.15. The summed E-state index contributed by atoms with van der Waals surface area (Å²) in [6.07, 6.45) is 0. The highest BCUT2D eigenvalue weighted by atomic mass is 16.5. The molecule has 0 aliphatic carbocycles. The molecule has 1 aliphatic rings. The maximum Gasteiger partial charge on any atom is 0.328 e. The van der Waals surface area contributed by atoms with E-state index in [2.05, 4.69) is 10.6 Å². The van der Waals surface area contributed by atoms with Crippen LogP contribution in [0.4, 0.5) is 0 Å². The van der Waals surface area contributed by atoms with E-state index < -0.39 is 5.54 Å². The maximum absolute atomic E-state index is 11.3. The molecule has 2 unspecified atom stereocenters. The van der Waals surface area contributed by atoms with Gasteiger partial charge in [-0.3, -0.25) is 0 Å².